The van der Waals surface area contributed by atoms with Gasteiger partial charge in [0.1, 0.15) is 8.80 Å². The van der Waals surface area contributed by atoms with Crippen LogP contribution >= 0.6 is 11.8 Å². The quantitative estimate of drug-likeness (QED) is 0.287. The Kier molecular flexibility index (Phi) is 5.67. The molecule has 4 unspecified atom stereocenters. The van der Waals surface area contributed by atoms with Crippen LogP contribution in [0.3, 0.4) is 0 Å². The molecule has 6 aliphatic rings. The topological polar surface area (TPSA) is 3.24 Å². The number of fused-ring (bicyclic) bond motifs is 9. The van der Waals surface area contributed by atoms with Gasteiger partial charge in [0.15, 0.2) is 0 Å². The molecule has 1 nitrogen and oxygen atoms in total. The number of rotatable bonds is 3. The van der Waals surface area contributed by atoms with Gasteiger partial charge in [-0.2, -0.15) is 0 Å². The molecular formula is C39H33NSSi. The Morgan fingerprint density at radius 2 is 1.71 bits per heavy atom. The molecule has 0 fully saturated rings. The van der Waals surface area contributed by atoms with Crippen LogP contribution in [0.25, 0.3) is 11.6 Å². The van der Waals surface area contributed by atoms with Crippen molar-refractivity contribution in [3.63, 3.8) is 0 Å². The minimum Gasteiger partial charge on any atom is -0.317 e. The molecule has 0 saturated heterocycles. The molecule has 3 aromatic carbocycles. The lowest BCUT2D eigenvalue weighted by molar-refractivity contribution is 0.633. The highest BCUT2D eigenvalue weighted by molar-refractivity contribution is 8.03. The van der Waals surface area contributed by atoms with Crippen molar-refractivity contribution in [2.24, 2.45) is 5.92 Å². The van der Waals surface area contributed by atoms with Gasteiger partial charge in [-0.3, -0.25) is 0 Å². The van der Waals surface area contributed by atoms with E-state index in [1.54, 1.807) is 20.9 Å². The lowest BCUT2D eigenvalue weighted by atomic mass is 9.74. The van der Waals surface area contributed by atoms with Gasteiger partial charge in [0, 0.05) is 44.6 Å². The number of thioether (sulfide) groups is 1. The smallest absolute Gasteiger partial charge is 0.101 e. The van der Waals surface area contributed by atoms with Crippen LogP contribution in [-0.2, 0) is 0 Å². The summed E-state index contributed by atoms with van der Waals surface area (Å²) in [6.45, 7) is 2.56. The zero-order valence-corrected chi connectivity index (χ0v) is 25.8. The van der Waals surface area contributed by atoms with Crippen LogP contribution in [0.1, 0.15) is 53.4 Å². The molecule has 9 rings (SSSR count). The van der Waals surface area contributed by atoms with E-state index in [0.717, 1.165) is 19.3 Å². The van der Waals surface area contributed by atoms with E-state index in [1.807, 2.05) is 11.8 Å². The van der Waals surface area contributed by atoms with Gasteiger partial charge in [0.05, 0.1) is 0 Å². The van der Waals surface area contributed by atoms with E-state index in [4.69, 9.17) is 0 Å². The first kappa shape index (κ1) is 24.8. The number of nitrogens with zero attached hydrogens (tertiary/aromatic N) is 1. The second-order valence-electron chi connectivity index (χ2n) is 12.3. The van der Waals surface area contributed by atoms with Crippen molar-refractivity contribution in [1.82, 2.24) is 0 Å². The average molecular weight is 576 g/mol. The van der Waals surface area contributed by atoms with Gasteiger partial charge < -0.3 is 4.90 Å². The first-order chi connectivity index (χ1) is 20.8. The summed E-state index contributed by atoms with van der Waals surface area (Å²) in [5, 5.41) is 3.29. The molecule has 0 aromatic heterocycles. The summed E-state index contributed by atoms with van der Waals surface area (Å²) in [5.41, 5.74) is 11.5. The van der Waals surface area contributed by atoms with E-state index in [2.05, 4.69) is 133 Å². The van der Waals surface area contributed by atoms with Gasteiger partial charge in [-0.1, -0.05) is 115 Å². The normalized spacial score (nSPS) is 25.9. The maximum absolute atomic E-state index is 2.62. The van der Waals surface area contributed by atoms with E-state index < -0.39 is 8.80 Å². The third-order valence-corrected chi connectivity index (χ3v) is 14.3. The van der Waals surface area contributed by atoms with E-state index in [1.165, 1.54) is 44.2 Å². The predicted octanol–water partition coefficient (Wildman–Crippen LogP) is 9.15. The Hall–Kier alpha value is -3.79. The van der Waals surface area contributed by atoms with E-state index in [9.17, 15) is 0 Å². The number of allylic oxidation sites excluding steroid dienone is 12. The lowest BCUT2D eigenvalue weighted by Crippen LogP contribution is -2.33. The van der Waals surface area contributed by atoms with E-state index >= 15 is 0 Å². The van der Waals surface area contributed by atoms with Crippen LogP contribution in [0.2, 0.25) is 6.55 Å². The number of hydrogen-bond donors (Lipinski definition) is 0. The molecule has 2 aliphatic heterocycles. The summed E-state index contributed by atoms with van der Waals surface area (Å²) in [7, 11) is -1.29. The van der Waals surface area contributed by atoms with Crippen molar-refractivity contribution in [2.45, 2.75) is 42.5 Å². The average Bonchev–Trinajstić information content (AvgIpc) is 3.57. The standard InChI is InChI=1S/C39H33NSSi/c1-42-36-22-21-32-31-17-9-10-18-35(31)41-39(32)38(36)33-20-19-27(24-37(33)42)40(26-12-3-2-4-13-26)34-23-25-11-5-6-14-28(25)29-15-7-8-16-30(29)34/h2-3,5-12,14-20,22-24,29-30,32,42H,4,13,21H2,1H3. The second-order valence-corrected chi connectivity index (χ2v) is 16.1. The molecule has 0 saturated carbocycles. The summed E-state index contributed by atoms with van der Waals surface area (Å²) >= 11 is 2.03. The highest BCUT2D eigenvalue weighted by Crippen LogP contribution is 2.57. The Morgan fingerprint density at radius 1 is 0.881 bits per heavy atom. The lowest BCUT2D eigenvalue weighted by Gasteiger charge is -2.40. The van der Waals surface area contributed by atoms with Gasteiger partial charge in [0.25, 0.3) is 0 Å². The molecule has 42 heavy (non-hydrogen) atoms. The Labute approximate surface area is 254 Å². The first-order valence-electron chi connectivity index (χ1n) is 15.4. The molecule has 0 radical (unpaired) electrons. The minimum absolute atomic E-state index is 0.323. The van der Waals surface area contributed by atoms with Crippen LogP contribution in [-0.4, -0.2) is 8.80 Å². The highest BCUT2D eigenvalue weighted by atomic mass is 32.2. The molecule has 2 heterocycles. The Balaban J connectivity index is 1.20. The molecule has 3 heteroatoms. The van der Waals surface area contributed by atoms with E-state index in [-0.39, 0.29) is 0 Å². The SMILES string of the molecule is C[SiH]1C2=CCC3C(=C2c2ccc(N(C4=CC=CCC4)C4=Cc5ccccc5C5C=CC=CC45)cc21)Sc1ccccc13. The highest BCUT2D eigenvalue weighted by Gasteiger charge is 2.41. The molecule has 4 aliphatic carbocycles. The maximum atomic E-state index is 2.62. The van der Waals surface area contributed by atoms with Crippen molar-refractivity contribution < 1.29 is 0 Å². The summed E-state index contributed by atoms with van der Waals surface area (Å²) in [6, 6.07) is 25.5. The molecule has 0 spiro atoms. The fourth-order valence-electron chi connectivity index (χ4n) is 8.12. The molecule has 0 bridgehead atoms. The molecule has 204 valence electrons. The zero-order chi connectivity index (χ0) is 27.8. The summed E-state index contributed by atoms with van der Waals surface area (Å²) < 4.78 is 0. The molecule has 0 N–H and O–H groups in total. The fourth-order valence-corrected chi connectivity index (χ4v) is 12.3. The molecular weight excluding hydrogens is 543 g/mol. The van der Waals surface area contributed by atoms with Crippen molar-refractivity contribution in [1.29, 1.82) is 0 Å². The fraction of sp³-hybridized carbons (Fsp3) is 0.179. The van der Waals surface area contributed by atoms with E-state index in [0.29, 0.717) is 17.8 Å². The van der Waals surface area contributed by atoms with Crippen LogP contribution in [0.4, 0.5) is 5.69 Å². The third kappa shape index (κ3) is 3.63. The van der Waals surface area contributed by atoms with Crippen molar-refractivity contribution in [3.05, 3.63) is 159 Å². The van der Waals surface area contributed by atoms with Crippen molar-refractivity contribution in [3.8, 4) is 0 Å². The van der Waals surface area contributed by atoms with Crippen LogP contribution < -0.4 is 10.1 Å². The summed E-state index contributed by atoms with van der Waals surface area (Å²) in [6.07, 6.45) is 24.6. The minimum atomic E-state index is -1.29. The van der Waals surface area contributed by atoms with Gasteiger partial charge >= 0.3 is 0 Å². The molecule has 4 atom stereocenters. The predicted molar refractivity (Wildman–Crippen MR) is 182 cm³/mol. The number of hydrogen-bond acceptors (Lipinski definition) is 2. The summed E-state index contributed by atoms with van der Waals surface area (Å²) in [4.78, 5) is 5.68. The number of benzene rings is 3. The largest absolute Gasteiger partial charge is 0.317 e. The third-order valence-electron chi connectivity index (χ3n) is 10.1. The number of anilines is 1. The van der Waals surface area contributed by atoms with Gasteiger partial charge in [0.2, 0.25) is 0 Å². The van der Waals surface area contributed by atoms with Crippen molar-refractivity contribution in [2.75, 3.05) is 4.90 Å². The Bertz CT molecular complexity index is 1880. The van der Waals surface area contributed by atoms with Crippen LogP contribution in [0.5, 0.6) is 0 Å². The zero-order valence-electron chi connectivity index (χ0n) is 23.8. The monoisotopic (exact) mass is 575 g/mol. The van der Waals surface area contributed by atoms with Crippen molar-refractivity contribution >= 4 is 43.1 Å². The van der Waals surface area contributed by atoms with Crippen LogP contribution in [0.15, 0.2) is 142 Å². The molecule has 3 aromatic rings. The first-order valence-corrected chi connectivity index (χ1v) is 18.6. The maximum Gasteiger partial charge on any atom is 0.101 e. The Morgan fingerprint density at radius 3 is 2.60 bits per heavy atom. The molecule has 0 amide bonds. The van der Waals surface area contributed by atoms with Gasteiger partial charge in [-0.05, 0) is 82.6 Å². The summed E-state index contributed by atoms with van der Waals surface area (Å²) in [5.74, 6) is 1.22. The van der Waals surface area contributed by atoms with Gasteiger partial charge in [-0.15, -0.1) is 0 Å². The van der Waals surface area contributed by atoms with Gasteiger partial charge in [-0.25, -0.2) is 0 Å². The second kappa shape index (κ2) is 9.62. The van der Waals surface area contributed by atoms with Crippen LogP contribution in [0, 0.1) is 5.92 Å².